The van der Waals surface area contributed by atoms with Crippen molar-refractivity contribution in [2.45, 2.75) is 0 Å². The molecule has 0 aliphatic heterocycles. The Bertz CT molecular complexity index is 359. The van der Waals surface area contributed by atoms with Crippen LogP contribution in [-0.4, -0.2) is 6.41 Å². The van der Waals surface area contributed by atoms with E-state index in [0.29, 0.717) is 21.0 Å². The van der Waals surface area contributed by atoms with Gasteiger partial charge in [-0.3, -0.25) is 4.79 Å². The fourth-order valence-electron chi connectivity index (χ4n) is 0.757. The summed E-state index contributed by atoms with van der Waals surface area (Å²) in [5.41, 5.74) is 0.404. The molecule has 6 heteroatoms. The second-order valence-corrected chi connectivity index (χ2v) is 4.13. The Morgan fingerprint density at radius 1 is 1.54 bits per heavy atom. The lowest BCUT2D eigenvalue weighted by Gasteiger charge is -2.07. The second-order valence-electron chi connectivity index (χ2n) is 2.11. The fraction of sp³-hybridized carbons (Fsp3) is 0. The highest BCUT2D eigenvalue weighted by atomic mass is 79.9. The summed E-state index contributed by atoms with van der Waals surface area (Å²) in [7, 11) is 0. The first-order chi connectivity index (χ1) is 6.07. The lowest BCUT2D eigenvalue weighted by atomic mass is 10.3. The molecule has 0 aliphatic carbocycles. The molecule has 0 bridgehead atoms. The third-order valence-electron chi connectivity index (χ3n) is 1.32. The van der Waals surface area contributed by atoms with Crippen LogP contribution in [0.3, 0.4) is 0 Å². The van der Waals surface area contributed by atoms with Crippen LogP contribution in [0.1, 0.15) is 0 Å². The Labute approximate surface area is 95.7 Å². The van der Waals surface area contributed by atoms with Crippen LogP contribution in [0.25, 0.3) is 0 Å². The molecule has 0 aliphatic rings. The largest absolute Gasteiger partial charge is 0.327 e. The first kappa shape index (κ1) is 10.9. The first-order valence-corrected chi connectivity index (χ1v) is 5.07. The quantitative estimate of drug-likeness (QED) is 0.501. The second kappa shape index (κ2) is 4.39. The van der Waals surface area contributed by atoms with Crippen LogP contribution in [0.4, 0.5) is 10.1 Å². The van der Waals surface area contributed by atoms with Crippen LogP contribution in [0.15, 0.2) is 15.0 Å². The molecule has 13 heavy (non-hydrogen) atoms. The van der Waals surface area contributed by atoms with E-state index in [4.69, 9.17) is 11.6 Å². The van der Waals surface area contributed by atoms with Crippen LogP contribution in [0.5, 0.6) is 0 Å². The Morgan fingerprint density at radius 2 is 2.15 bits per heavy atom. The number of rotatable bonds is 2. The van der Waals surface area contributed by atoms with Crippen molar-refractivity contribution in [3.8, 4) is 0 Å². The van der Waals surface area contributed by atoms with E-state index in [9.17, 15) is 9.18 Å². The molecule has 70 valence electrons. The van der Waals surface area contributed by atoms with Crippen molar-refractivity contribution in [2.75, 3.05) is 5.32 Å². The number of benzene rings is 1. The van der Waals surface area contributed by atoms with Crippen molar-refractivity contribution < 1.29 is 9.18 Å². The molecule has 1 N–H and O–H groups in total. The summed E-state index contributed by atoms with van der Waals surface area (Å²) in [6, 6.07) is 1.18. The first-order valence-electron chi connectivity index (χ1n) is 3.11. The number of carbonyl (C=O) groups excluding carboxylic acids is 1. The molecule has 0 radical (unpaired) electrons. The molecule has 0 unspecified atom stereocenters. The van der Waals surface area contributed by atoms with Gasteiger partial charge in [-0.05, 0) is 37.9 Å². The summed E-state index contributed by atoms with van der Waals surface area (Å²) in [6.07, 6.45) is 0.485. The average Bonchev–Trinajstić information content (AvgIpc) is 2.09. The predicted molar refractivity (Wildman–Crippen MR) is 56.5 cm³/mol. The lowest BCUT2D eigenvalue weighted by molar-refractivity contribution is -0.105. The Kier molecular flexibility index (Phi) is 3.70. The Balaban J connectivity index is 3.34. The van der Waals surface area contributed by atoms with E-state index >= 15 is 0 Å². The topological polar surface area (TPSA) is 29.1 Å². The Morgan fingerprint density at radius 3 is 2.69 bits per heavy atom. The molecule has 1 amide bonds. The van der Waals surface area contributed by atoms with E-state index in [1.165, 1.54) is 6.07 Å². The monoisotopic (exact) mass is 329 g/mol. The molecule has 0 saturated heterocycles. The van der Waals surface area contributed by atoms with Gasteiger partial charge in [0, 0.05) is 4.47 Å². The molecular formula is C7H3Br2ClFNO. The van der Waals surface area contributed by atoms with E-state index < -0.39 is 5.82 Å². The molecule has 1 aromatic carbocycles. The fourth-order valence-corrected chi connectivity index (χ4v) is 2.20. The lowest BCUT2D eigenvalue weighted by Crippen LogP contribution is -1.97. The molecule has 1 rings (SSSR count). The van der Waals surface area contributed by atoms with Gasteiger partial charge in [0.2, 0.25) is 6.41 Å². The van der Waals surface area contributed by atoms with Gasteiger partial charge in [-0.25, -0.2) is 4.39 Å². The van der Waals surface area contributed by atoms with Gasteiger partial charge in [0.05, 0.1) is 15.2 Å². The molecule has 0 saturated carbocycles. The van der Waals surface area contributed by atoms with Gasteiger partial charge in [-0.1, -0.05) is 11.6 Å². The number of nitrogens with one attached hydrogen (secondary N) is 1. The van der Waals surface area contributed by atoms with Gasteiger partial charge in [0.15, 0.2) is 0 Å². The normalized spacial score (nSPS) is 9.85. The van der Waals surface area contributed by atoms with Crippen molar-refractivity contribution >= 4 is 55.6 Å². The molecule has 0 heterocycles. The van der Waals surface area contributed by atoms with Crippen LogP contribution in [-0.2, 0) is 4.79 Å². The van der Waals surface area contributed by atoms with Crippen molar-refractivity contribution in [3.05, 3.63) is 25.9 Å². The van der Waals surface area contributed by atoms with Gasteiger partial charge < -0.3 is 5.32 Å². The number of hydrogen-bond acceptors (Lipinski definition) is 1. The van der Waals surface area contributed by atoms with E-state index in [0.717, 1.165) is 0 Å². The van der Waals surface area contributed by atoms with Gasteiger partial charge in [-0.2, -0.15) is 0 Å². The zero-order valence-electron chi connectivity index (χ0n) is 6.07. The maximum Gasteiger partial charge on any atom is 0.211 e. The molecule has 0 atom stereocenters. The van der Waals surface area contributed by atoms with Crippen molar-refractivity contribution in [2.24, 2.45) is 0 Å². The van der Waals surface area contributed by atoms with Crippen LogP contribution >= 0.6 is 43.5 Å². The van der Waals surface area contributed by atoms with Gasteiger partial charge in [0.25, 0.3) is 0 Å². The molecule has 1 aromatic rings. The summed E-state index contributed by atoms with van der Waals surface area (Å²) < 4.78 is 13.7. The summed E-state index contributed by atoms with van der Waals surface area (Å²) in [6.45, 7) is 0. The van der Waals surface area contributed by atoms with Crippen LogP contribution in [0.2, 0.25) is 5.02 Å². The summed E-state index contributed by atoms with van der Waals surface area (Å²) >= 11 is 11.7. The molecular weight excluding hydrogens is 328 g/mol. The van der Waals surface area contributed by atoms with E-state index in [2.05, 4.69) is 37.2 Å². The number of carbonyl (C=O) groups is 1. The molecule has 2 nitrogen and oxygen atoms in total. The third-order valence-corrected chi connectivity index (χ3v) is 3.33. The number of anilines is 1. The highest BCUT2D eigenvalue weighted by molar-refractivity contribution is 9.11. The van der Waals surface area contributed by atoms with Gasteiger partial charge in [-0.15, -0.1) is 0 Å². The third kappa shape index (κ3) is 2.21. The highest BCUT2D eigenvalue weighted by Gasteiger charge is 2.13. The zero-order chi connectivity index (χ0) is 10.0. The number of halogens is 4. The van der Waals surface area contributed by atoms with Crippen LogP contribution in [0, 0.1) is 5.82 Å². The predicted octanol–water partition coefficient (Wildman–Crippen LogP) is 3.57. The molecule has 0 spiro atoms. The van der Waals surface area contributed by atoms with Crippen molar-refractivity contribution in [1.82, 2.24) is 0 Å². The maximum absolute atomic E-state index is 13.0. The van der Waals surface area contributed by atoms with Crippen LogP contribution < -0.4 is 5.32 Å². The number of hydrogen-bond donors (Lipinski definition) is 1. The van der Waals surface area contributed by atoms with E-state index in [1.54, 1.807) is 0 Å². The highest BCUT2D eigenvalue weighted by Crippen LogP contribution is 2.37. The number of amides is 1. The Hall–Kier alpha value is -0.130. The van der Waals surface area contributed by atoms with Crippen molar-refractivity contribution in [1.29, 1.82) is 0 Å². The summed E-state index contributed by atoms with van der Waals surface area (Å²) in [5, 5.41) is 2.32. The van der Waals surface area contributed by atoms with Crippen molar-refractivity contribution in [3.63, 3.8) is 0 Å². The minimum absolute atomic E-state index is 0.0625. The smallest absolute Gasteiger partial charge is 0.211 e. The van der Waals surface area contributed by atoms with Gasteiger partial charge >= 0.3 is 0 Å². The molecule has 0 fully saturated rings. The standard InChI is InChI=1S/C7H3Br2ClFNO/c8-3-1-4(11)6(10)5(9)7(3)12-2-13/h1-2H,(H,12,13). The minimum Gasteiger partial charge on any atom is -0.327 e. The summed E-state index contributed by atoms with van der Waals surface area (Å²) in [5.74, 6) is -0.558. The van der Waals surface area contributed by atoms with E-state index in [1.807, 2.05) is 0 Å². The maximum atomic E-state index is 13.0. The summed E-state index contributed by atoms with van der Waals surface area (Å²) in [4.78, 5) is 10.2. The average molecular weight is 331 g/mol. The molecule has 0 aromatic heterocycles. The SMILES string of the molecule is O=CNc1c(Br)cc(F)c(Cl)c1Br. The zero-order valence-corrected chi connectivity index (χ0v) is 10.0. The van der Waals surface area contributed by atoms with E-state index in [-0.39, 0.29) is 5.02 Å². The minimum atomic E-state index is -0.558. The van der Waals surface area contributed by atoms with Gasteiger partial charge in [0.1, 0.15) is 5.82 Å².